The van der Waals surface area contributed by atoms with Gasteiger partial charge in [0, 0.05) is 11.6 Å². The maximum atomic E-state index is 13.9. The third-order valence-corrected chi connectivity index (χ3v) is 6.94. The molecule has 0 radical (unpaired) electrons. The third-order valence-electron chi connectivity index (χ3n) is 4.11. The summed E-state index contributed by atoms with van der Waals surface area (Å²) in [5, 5.41) is 3.82. The maximum Gasteiger partial charge on any atom is 0.216 e. The summed E-state index contributed by atoms with van der Waals surface area (Å²) in [7, 11) is -1.78. The lowest BCUT2D eigenvalue weighted by molar-refractivity contribution is 0.417. The molecule has 0 amide bonds. The largest absolute Gasteiger partial charge is 0.495 e. The molecule has 0 spiro atoms. The molecule has 0 bridgehead atoms. The normalized spacial score (nSPS) is 12.5. The van der Waals surface area contributed by atoms with Crippen molar-refractivity contribution in [2.75, 3.05) is 12.2 Å². The molecule has 0 aliphatic rings. The van der Waals surface area contributed by atoms with Crippen molar-refractivity contribution in [2.45, 2.75) is 0 Å². The van der Waals surface area contributed by atoms with Crippen LogP contribution in [0.3, 0.4) is 0 Å². The minimum Gasteiger partial charge on any atom is -0.495 e. The second kappa shape index (κ2) is 9.84. The monoisotopic (exact) mass is 443 g/mol. The zero-order valence-corrected chi connectivity index (χ0v) is 18.2. The van der Waals surface area contributed by atoms with Crippen molar-refractivity contribution in [3.63, 3.8) is 0 Å². The summed E-state index contributed by atoms with van der Waals surface area (Å²) in [5.74, 6) is 3.60. The molecular formula is C23H20Cl2NO2P. The molecule has 0 heterocycles. The van der Waals surface area contributed by atoms with E-state index in [9.17, 15) is 4.57 Å². The van der Waals surface area contributed by atoms with Gasteiger partial charge in [0.25, 0.3) is 0 Å². The Labute approximate surface area is 181 Å². The van der Waals surface area contributed by atoms with E-state index in [1.54, 1.807) is 19.2 Å². The molecule has 1 N–H and O–H groups in total. The van der Waals surface area contributed by atoms with Gasteiger partial charge in [-0.1, -0.05) is 96.0 Å². The quantitative estimate of drug-likeness (QED) is 0.377. The van der Waals surface area contributed by atoms with E-state index < -0.39 is 7.29 Å². The number of anilines is 1. The van der Waals surface area contributed by atoms with Crippen molar-refractivity contribution in [3.8, 4) is 5.75 Å². The van der Waals surface area contributed by atoms with E-state index in [0.29, 0.717) is 21.5 Å². The number of ether oxygens (including phenoxy) is 1. The van der Waals surface area contributed by atoms with Crippen molar-refractivity contribution in [2.24, 2.45) is 0 Å². The van der Waals surface area contributed by atoms with Crippen LogP contribution in [0, 0.1) is 0 Å². The molecule has 0 aliphatic heterocycles. The number of methoxy groups -OCH3 is 1. The lowest BCUT2D eigenvalue weighted by Crippen LogP contribution is -1.97. The summed E-state index contributed by atoms with van der Waals surface area (Å²) in [6.45, 7) is 0. The van der Waals surface area contributed by atoms with E-state index in [1.807, 2.05) is 72.8 Å². The molecule has 3 rings (SSSR count). The van der Waals surface area contributed by atoms with Crippen LogP contribution in [-0.4, -0.2) is 7.11 Å². The highest BCUT2D eigenvalue weighted by Gasteiger charge is 2.21. The molecule has 6 heteroatoms. The van der Waals surface area contributed by atoms with Crippen molar-refractivity contribution in [1.29, 1.82) is 0 Å². The van der Waals surface area contributed by atoms with E-state index in [1.165, 1.54) is 11.6 Å². The van der Waals surface area contributed by atoms with Gasteiger partial charge in [0.05, 0.1) is 22.9 Å². The average Bonchev–Trinajstić information content (AvgIpc) is 2.75. The molecule has 0 aromatic heterocycles. The van der Waals surface area contributed by atoms with Gasteiger partial charge >= 0.3 is 0 Å². The SMILES string of the molecule is COc1ccccc1NP(=O)(/C=C(\Cl)c1ccccc1)/C=C(\Cl)c1ccccc1. The molecule has 0 saturated carbocycles. The molecule has 3 aromatic rings. The highest BCUT2D eigenvalue weighted by Crippen LogP contribution is 2.54. The molecule has 148 valence electrons. The summed E-state index contributed by atoms with van der Waals surface area (Å²) in [6.07, 6.45) is 0. The zero-order valence-electron chi connectivity index (χ0n) is 15.8. The number of hydrogen-bond acceptors (Lipinski definition) is 2. The van der Waals surface area contributed by atoms with Gasteiger partial charge in [-0.05, 0) is 23.3 Å². The topological polar surface area (TPSA) is 38.3 Å². The van der Waals surface area contributed by atoms with E-state index in [4.69, 9.17) is 27.9 Å². The Morgan fingerprint density at radius 1 is 0.793 bits per heavy atom. The molecule has 0 aliphatic carbocycles. The van der Waals surface area contributed by atoms with Gasteiger partial charge in [0.1, 0.15) is 5.75 Å². The Morgan fingerprint density at radius 2 is 1.24 bits per heavy atom. The van der Waals surface area contributed by atoms with Crippen molar-refractivity contribution < 1.29 is 9.30 Å². The Bertz CT molecular complexity index is 1010. The van der Waals surface area contributed by atoms with Crippen LogP contribution in [0.25, 0.3) is 10.1 Å². The van der Waals surface area contributed by atoms with Gasteiger partial charge in [0.2, 0.25) is 7.29 Å². The fourth-order valence-electron chi connectivity index (χ4n) is 2.71. The third kappa shape index (κ3) is 5.77. The van der Waals surface area contributed by atoms with E-state index in [0.717, 1.165) is 11.1 Å². The van der Waals surface area contributed by atoms with Crippen LogP contribution in [0.5, 0.6) is 5.75 Å². The Morgan fingerprint density at radius 3 is 1.72 bits per heavy atom. The van der Waals surface area contributed by atoms with Gasteiger partial charge in [-0.25, -0.2) is 0 Å². The molecule has 3 nitrogen and oxygen atoms in total. The maximum absolute atomic E-state index is 13.9. The summed E-state index contributed by atoms with van der Waals surface area (Å²) in [4.78, 5) is 0. The van der Waals surface area contributed by atoms with Crippen LogP contribution in [0.1, 0.15) is 11.1 Å². The number of rotatable bonds is 7. The standard InChI is InChI=1S/C23H20Cl2NO2P/c1-28-23-15-9-8-14-22(23)26-29(27,16-20(24)18-10-4-2-5-11-18)17-21(25)19-12-6-3-7-13-19/h2-17H,1H3,(H,26,27)/b20-16-,21-17-. The minimum atomic E-state index is -3.34. The van der Waals surface area contributed by atoms with E-state index >= 15 is 0 Å². The Hall–Kier alpha value is -2.45. The molecule has 0 atom stereocenters. The van der Waals surface area contributed by atoms with Crippen LogP contribution in [0.2, 0.25) is 0 Å². The first-order valence-corrected chi connectivity index (χ1v) is 11.5. The molecule has 0 unspecified atom stereocenters. The van der Waals surface area contributed by atoms with Gasteiger partial charge in [-0.3, -0.25) is 4.57 Å². The predicted molar refractivity (Wildman–Crippen MR) is 125 cm³/mol. The number of halogens is 2. The Kier molecular flexibility index (Phi) is 7.22. The molecular weight excluding hydrogens is 424 g/mol. The summed E-state index contributed by atoms with van der Waals surface area (Å²) in [5.41, 5.74) is 2.11. The zero-order chi connectivity index (χ0) is 20.7. The van der Waals surface area contributed by atoms with E-state index in [2.05, 4.69) is 5.09 Å². The second-order valence-corrected chi connectivity index (χ2v) is 9.18. The fourth-order valence-corrected chi connectivity index (χ4v) is 5.57. The van der Waals surface area contributed by atoms with E-state index in [-0.39, 0.29) is 0 Å². The highest BCUT2D eigenvalue weighted by molar-refractivity contribution is 7.72. The minimum absolute atomic E-state index is 0.366. The average molecular weight is 444 g/mol. The van der Waals surface area contributed by atoms with Crippen LogP contribution in [-0.2, 0) is 4.57 Å². The molecule has 3 aromatic carbocycles. The lowest BCUT2D eigenvalue weighted by atomic mass is 10.2. The number of para-hydroxylation sites is 2. The van der Waals surface area contributed by atoms with Crippen LogP contribution in [0.15, 0.2) is 96.6 Å². The fraction of sp³-hybridized carbons (Fsp3) is 0.0435. The smallest absolute Gasteiger partial charge is 0.216 e. The van der Waals surface area contributed by atoms with Crippen molar-refractivity contribution in [3.05, 3.63) is 108 Å². The summed E-state index contributed by atoms with van der Waals surface area (Å²) < 4.78 is 19.3. The summed E-state index contributed by atoms with van der Waals surface area (Å²) >= 11 is 13.0. The van der Waals surface area contributed by atoms with Gasteiger partial charge in [-0.15, -0.1) is 0 Å². The second-order valence-electron chi connectivity index (χ2n) is 6.21. The first-order valence-electron chi connectivity index (χ1n) is 8.89. The van der Waals surface area contributed by atoms with Crippen molar-refractivity contribution in [1.82, 2.24) is 0 Å². The summed E-state index contributed by atoms with van der Waals surface area (Å²) in [6, 6.07) is 26.0. The van der Waals surface area contributed by atoms with Gasteiger partial charge < -0.3 is 9.82 Å². The number of hydrogen-bond donors (Lipinski definition) is 1. The lowest BCUT2D eigenvalue weighted by Gasteiger charge is -2.17. The highest BCUT2D eigenvalue weighted by atomic mass is 35.5. The first kappa shape index (κ1) is 21.3. The van der Waals surface area contributed by atoms with Crippen molar-refractivity contribution >= 4 is 46.2 Å². The Balaban J connectivity index is 2.06. The van der Waals surface area contributed by atoms with Crippen LogP contribution >= 0.6 is 30.5 Å². The first-order chi connectivity index (χ1) is 14.0. The van der Waals surface area contributed by atoms with Crippen LogP contribution in [0.4, 0.5) is 5.69 Å². The predicted octanol–water partition coefficient (Wildman–Crippen LogP) is 7.86. The molecule has 0 fully saturated rings. The number of nitrogens with one attached hydrogen (secondary N) is 1. The molecule has 0 saturated heterocycles. The van der Waals surface area contributed by atoms with Crippen LogP contribution < -0.4 is 9.82 Å². The van der Waals surface area contributed by atoms with Gasteiger partial charge in [-0.2, -0.15) is 0 Å². The molecule has 29 heavy (non-hydrogen) atoms. The number of benzene rings is 3. The van der Waals surface area contributed by atoms with Gasteiger partial charge in [0.15, 0.2) is 0 Å².